The van der Waals surface area contributed by atoms with Crippen LogP contribution in [0.3, 0.4) is 0 Å². The van der Waals surface area contributed by atoms with E-state index < -0.39 is 6.10 Å². The van der Waals surface area contributed by atoms with E-state index in [0.717, 1.165) is 96.3 Å². The summed E-state index contributed by atoms with van der Waals surface area (Å²) in [7, 11) is 0. The predicted molar refractivity (Wildman–Crippen MR) is 330 cm³/mol. The Labute approximate surface area is 473 Å². The maximum atomic E-state index is 12.9. The second-order valence-electron chi connectivity index (χ2n) is 22.7. The average Bonchev–Trinajstić information content (AvgIpc) is 3.42. The van der Waals surface area contributed by atoms with Crippen molar-refractivity contribution in [3.05, 3.63) is 48.6 Å². The molecule has 0 aromatic rings. The maximum Gasteiger partial charge on any atom is 0.306 e. The van der Waals surface area contributed by atoms with Gasteiger partial charge in [0.1, 0.15) is 13.2 Å². The Morgan fingerprint density at radius 2 is 0.513 bits per heavy atom. The summed E-state index contributed by atoms with van der Waals surface area (Å²) in [5.41, 5.74) is 0. The van der Waals surface area contributed by atoms with Gasteiger partial charge in [-0.25, -0.2) is 0 Å². The third-order valence-corrected chi connectivity index (χ3v) is 15.1. The van der Waals surface area contributed by atoms with Gasteiger partial charge in [0.05, 0.1) is 0 Å². The van der Waals surface area contributed by atoms with Gasteiger partial charge in [-0.3, -0.25) is 14.4 Å². The molecule has 0 spiro atoms. The van der Waals surface area contributed by atoms with Crippen LogP contribution in [0.4, 0.5) is 0 Å². The first-order valence-corrected chi connectivity index (χ1v) is 33.6. The molecule has 0 radical (unpaired) electrons. The second kappa shape index (κ2) is 64.9. The van der Waals surface area contributed by atoms with Crippen LogP contribution in [0.15, 0.2) is 48.6 Å². The quantitative estimate of drug-likeness (QED) is 0.0261. The number of rotatable bonds is 62. The second-order valence-corrected chi connectivity index (χ2v) is 22.7. The van der Waals surface area contributed by atoms with E-state index in [2.05, 4.69) is 69.4 Å². The number of hydrogen-bond donors (Lipinski definition) is 0. The highest BCUT2D eigenvalue weighted by Crippen LogP contribution is 2.18. The van der Waals surface area contributed by atoms with Crippen molar-refractivity contribution in [2.45, 2.75) is 367 Å². The third kappa shape index (κ3) is 62.2. The Bertz CT molecular complexity index is 1310. The van der Waals surface area contributed by atoms with Crippen LogP contribution in [0.25, 0.3) is 0 Å². The van der Waals surface area contributed by atoms with Gasteiger partial charge in [-0.15, -0.1) is 0 Å². The Hall–Kier alpha value is -2.63. The van der Waals surface area contributed by atoms with Crippen LogP contribution in [-0.4, -0.2) is 37.2 Å². The summed E-state index contributed by atoms with van der Waals surface area (Å²) >= 11 is 0. The van der Waals surface area contributed by atoms with Crippen molar-refractivity contribution in [2.24, 2.45) is 0 Å². The highest BCUT2D eigenvalue weighted by Gasteiger charge is 2.19. The van der Waals surface area contributed by atoms with Crippen LogP contribution in [0.5, 0.6) is 0 Å². The normalized spacial score (nSPS) is 12.3. The summed E-state index contributed by atoms with van der Waals surface area (Å²) in [5, 5.41) is 0. The summed E-state index contributed by atoms with van der Waals surface area (Å²) in [6, 6.07) is 0. The minimum atomic E-state index is -0.780. The Morgan fingerprint density at radius 3 is 0.816 bits per heavy atom. The van der Waals surface area contributed by atoms with E-state index in [9.17, 15) is 14.4 Å². The lowest BCUT2D eigenvalue weighted by Gasteiger charge is -2.18. The van der Waals surface area contributed by atoms with Gasteiger partial charge >= 0.3 is 17.9 Å². The molecular weight excluding hydrogens is 937 g/mol. The molecule has 76 heavy (non-hydrogen) atoms. The lowest BCUT2D eigenvalue weighted by atomic mass is 10.0. The van der Waals surface area contributed by atoms with Gasteiger partial charge in [-0.05, 0) is 77.0 Å². The number of allylic oxidation sites excluding steroid dienone is 8. The number of unbranched alkanes of at least 4 members (excludes halogenated alkanes) is 43. The fourth-order valence-corrected chi connectivity index (χ4v) is 10.0. The average molecular weight is 1070 g/mol. The van der Waals surface area contributed by atoms with Crippen LogP contribution in [0, 0.1) is 0 Å². The molecule has 444 valence electrons. The smallest absolute Gasteiger partial charge is 0.306 e. The molecule has 1 unspecified atom stereocenters. The van der Waals surface area contributed by atoms with Crippen molar-refractivity contribution in [2.75, 3.05) is 13.2 Å². The molecule has 0 fully saturated rings. The highest BCUT2D eigenvalue weighted by molar-refractivity contribution is 5.71. The van der Waals surface area contributed by atoms with Crippen LogP contribution in [0.1, 0.15) is 361 Å². The van der Waals surface area contributed by atoms with Gasteiger partial charge in [0.25, 0.3) is 0 Å². The van der Waals surface area contributed by atoms with Crippen molar-refractivity contribution >= 4 is 17.9 Å². The fraction of sp³-hybridized carbons (Fsp3) is 0.843. The van der Waals surface area contributed by atoms with Crippen LogP contribution in [-0.2, 0) is 28.6 Å². The number of hydrogen-bond acceptors (Lipinski definition) is 6. The van der Waals surface area contributed by atoms with Crippen molar-refractivity contribution < 1.29 is 28.6 Å². The van der Waals surface area contributed by atoms with E-state index in [1.807, 2.05) is 0 Å². The Morgan fingerprint density at radius 1 is 0.276 bits per heavy atom. The lowest BCUT2D eigenvalue weighted by Crippen LogP contribution is -2.30. The summed E-state index contributed by atoms with van der Waals surface area (Å²) in [6.07, 6.45) is 81.4. The molecule has 0 amide bonds. The molecule has 0 aliphatic heterocycles. The minimum absolute atomic E-state index is 0.0757. The molecule has 0 bridgehead atoms. The van der Waals surface area contributed by atoms with Gasteiger partial charge in [-0.2, -0.15) is 0 Å². The zero-order chi connectivity index (χ0) is 55.0. The summed E-state index contributed by atoms with van der Waals surface area (Å²) in [5.74, 6) is -0.870. The topological polar surface area (TPSA) is 78.9 Å². The van der Waals surface area contributed by atoms with E-state index in [-0.39, 0.29) is 31.1 Å². The van der Waals surface area contributed by atoms with Crippen molar-refractivity contribution in [3.8, 4) is 0 Å². The van der Waals surface area contributed by atoms with Crippen LogP contribution >= 0.6 is 0 Å². The van der Waals surface area contributed by atoms with Gasteiger partial charge in [0, 0.05) is 19.3 Å². The fourth-order valence-electron chi connectivity index (χ4n) is 10.0. The Kier molecular flexibility index (Phi) is 62.6. The lowest BCUT2D eigenvalue weighted by molar-refractivity contribution is -0.167. The van der Waals surface area contributed by atoms with Crippen LogP contribution < -0.4 is 0 Å². The number of carbonyl (C=O) groups excluding carboxylic acids is 3. The maximum absolute atomic E-state index is 12.9. The molecule has 6 nitrogen and oxygen atoms in total. The third-order valence-electron chi connectivity index (χ3n) is 15.1. The minimum Gasteiger partial charge on any atom is -0.462 e. The van der Waals surface area contributed by atoms with Gasteiger partial charge in [0.2, 0.25) is 0 Å². The first-order chi connectivity index (χ1) is 37.5. The molecule has 0 rings (SSSR count). The standard InChI is InChI=1S/C70H128O6/c1-4-7-10-13-16-19-22-25-28-29-30-31-32-33-34-35-36-37-38-39-40-41-43-45-48-51-54-57-60-63-69(72)75-66-67(65-74-68(71)62-59-56-53-50-47-44-27-24-21-18-15-12-9-6-3)76-70(73)64-61-58-55-52-49-46-42-26-23-20-17-14-11-8-5-2/h8,11,17,20,26,29-30,42,67H,4-7,9-10,12-16,18-19,21-25,27-28,31-41,43-66H2,1-3H3/b11-8-,20-17-,30-29-,42-26-. The van der Waals surface area contributed by atoms with Gasteiger partial charge in [-0.1, -0.05) is 313 Å². The van der Waals surface area contributed by atoms with Gasteiger partial charge in [0.15, 0.2) is 6.10 Å². The van der Waals surface area contributed by atoms with Crippen molar-refractivity contribution in [1.82, 2.24) is 0 Å². The first kappa shape index (κ1) is 73.4. The largest absolute Gasteiger partial charge is 0.462 e. The highest BCUT2D eigenvalue weighted by atomic mass is 16.6. The molecule has 0 aliphatic rings. The van der Waals surface area contributed by atoms with Crippen molar-refractivity contribution in [1.29, 1.82) is 0 Å². The molecule has 0 heterocycles. The zero-order valence-corrected chi connectivity index (χ0v) is 51.0. The molecule has 0 aromatic heterocycles. The van der Waals surface area contributed by atoms with Gasteiger partial charge < -0.3 is 14.2 Å². The number of esters is 3. The molecule has 0 saturated carbocycles. The van der Waals surface area contributed by atoms with E-state index in [1.54, 1.807) is 0 Å². The number of ether oxygens (including phenoxy) is 3. The molecule has 0 aliphatic carbocycles. The number of carbonyl (C=O) groups is 3. The SMILES string of the molecule is CC/C=C\C/C=C\C/C=C\CCCCCCCC(=O)OC(COC(=O)CCCCCCCCCCCCCCCC)COC(=O)CCCCCCCCCCCCCCCCCCC/C=C\CCCCCCCCCC. The first-order valence-electron chi connectivity index (χ1n) is 33.6. The monoisotopic (exact) mass is 1060 g/mol. The molecular formula is C70H128O6. The molecule has 6 heteroatoms. The predicted octanol–water partition coefficient (Wildman–Crippen LogP) is 22.9. The zero-order valence-electron chi connectivity index (χ0n) is 51.0. The van der Waals surface area contributed by atoms with E-state index in [1.165, 1.54) is 225 Å². The van der Waals surface area contributed by atoms with Crippen LogP contribution in [0.2, 0.25) is 0 Å². The molecule has 0 saturated heterocycles. The molecule has 0 N–H and O–H groups in total. The van der Waals surface area contributed by atoms with Crippen molar-refractivity contribution in [3.63, 3.8) is 0 Å². The molecule has 0 aromatic carbocycles. The summed E-state index contributed by atoms with van der Waals surface area (Å²) in [6.45, 7) is 6.57. The van der Waals surface area contributed by atoms with E-state index in [4.69, 9.17) is 14.2 Å². The Balaban J connectivity index is 4.18. The molecule has 1 atom stereocenters. The van der Waals surface area contributed by atoms with E-state index in [0.29, 0.717) is 19.3 Å². The summed E-state index contributed by atoms with van der Waals surface area (Å²) in [4.78, 5) is 38.3. The van der Waals surface area contributed by atoms with E-state index >= 15 is 0 Å². The summed E-state index contributed by atoms with van der Waals surface area (Å²) < 4.78 is 16.9.